The highest BCUT2D eigenvalue weighted by Crippen LogP contribution is 2.10. The number of Topliss-reactive ketones (excluding diaryl/α,β-unsaturated/α-hetero) is 4. The summed E-state index contributed by atoms with van der Waals surface area (Å²) in [5.41, 5.74) is 0. The van der Waals surface area contributed by atoms with Gasteiger partial charge in [-0.1, -0.05) is 123 Å². The molecule has 9 heteroatoms. The smallest absolute Gasteiger partial charge is 0.149 e. The molecule has 58 heavy (non-hydrogen) atoms. The number of nitrogens with one attached hydrogen (secondary N) is 1. The van der Waals surface area contributed by atoms with Crippen LogP contribution in [-0.2, 0) is 23.9 Å². The second kappa shape index (κ2) is 40.9. The maximum Gasteiger partial charge on any atom is 0.149 e. The molecule has 9 nitrogen and oxygen atoms in total. The zero-order chi connectivity index (χ0) is 45.8. The van der Waals surface area contributed by atoms with Crippen LogP contribution in [0.5, 0.6) is 0 Å². The zero-order valence-corrected chi connectivity index (χ0v) is 42.2. The number of hydrogen-bond acceptors (Lipinski definition) is 9. The first-order chi connectivity index (χ1) is 26.8. The molecule has 0 saturated carbocycles. The largest absolute Gasteiger partial charge is 0.379 e. The Kier molecular flexibility index (Phi) is 44.5. The van der Waals surface area contributed by atoms with E-state index < -0.39 is 0 Å². The summed E-state index contributed by atoms with van der Waals surface area (Å²) in [5, 5.41) is 3.12. The average Bonchev–Trinajstić information content (AvgIpc) is 3.05. The molecule has 0 aliphatic rings. The minimum Gasteiger partial charge on any atom is -0.379 e. The molecule has 0 fully saturated rings. The summed E-state index contributed by atoms with van der Waals surface area (Å²) in [6.45, 7) is 40.8. The van der Waals surface area contributed by atoms with Gasteiger partial charge in [0.05, 0.1) is 32.3 Å². The molecule has 0 aromatic rings. The fourth-order valence-electron chi connectivity index (χ4n) is 5.93. The molecule has 0 rings (SSSR count). The van der Waals surface area contributed by atoms with Crippen molar-refractivity contribution in [3.05, 3.63) is 0 Å². The Morgan fingerprint density at radius 1 is 0.466 bits per heavy atom. The van der Waals surface area contributed by atoms with Gasteiger partial charge < -0.3 is 10.1 Å². The zero-order valence-electron chi connectivity index (χ0n) is 42.2. The lowest BCUT2D eigenvalue weighted by Gasteiger charge is -2.18. The summed E-state index contributed by atoms with van der Waals surface area (Å²) in [6, 6.07) is 0. The van der Waals surface area contributed by atoms with Gasteiger partial charge in [0.1, 0.15) is 23.1 Å². The molecule has 0 aliphatic carbocycles. The summed E-state index contributed by atoms with van der Waals surface area (Å²) in [5.74, 6) is 5.03. The predicted octanol–water partition coefficient (Wildman–Crippen LogP) is 10.1. The number of likely N-dealkylation sites (N-methyl/N-ethyl adjacent to an activating group) is 3. The molecular formula is C49H102N4O5. The Balaban J connectivity index is -0.000000342. The monoisotopic (exact) mass is 827 g/mol. The van der Waals surface area contributed by atoms with Gasteiger partial charge in [0.2, 0.25) is 0 Å². The normalized spacial score (nSPS) is 11.6. The van der Waals surface area contributed by atoms with E-state index in [-0.39, 0.29) is 11.8 Å². The predicted molar refractivity (Wildman–Crippen MR) is 252 cm³/mol. The maximum atomic E-state index is 11.7. The number of nitrogens with zero attached hydrogens (tertiary/aromatic N) is 3. The molecule has 0 heterocycles. The Labute approximate surface area is 362 Å². The van der Waals surface area contributed by atoms with Crippen molar-refractivity contribution < 1.29 is 23.9 Å². The minimum absolute atomic E-state index is 0.162. The van der Waals surface area contributed by atoms with Crippen molar-refractivity contribution in [3.8, 4) is 0 Å². The molecule has 0 radical (unpaired) electrons. The fourth-order valence-corrected chi connectivity index (χ4v) is 5.93. The Bertz CT molecular complexity index is 978. The molecule has 0 aromatic carbocycles. The topological polar surface area (TPSA) is 99.3 Å². The molecule has 0 unspecified atom stereocenters. The third kappa shape index (κ3) is 54.5. The summed E-state index contributed by atoms with van der Waals surface area (Å²) in [6.07, 6.45) is 9.78. The first-order valence-corrected chi connectivity index (χ1v) is 23.3. The number of ether oxygens (including phenoxy) is 1. The van der Waals surface area contributed by atoms with Gasteiger partial charge in [-0.25, -0.2) is 0 Å². The van der Waals surface area contributed by atoms with Crippen LogP contribution in [0.3, 0.4) is 0 Å². The van der Waals surface area contributed by atoms with Crippen molar-refractivity contribution in [2.75, 3.05) is 80.1 Å². The number of hydrogen-bond donors (Lipinski definition) is 1. The molecule has 0 spiro atoms. The van der Waals surface area contributed by atoms with Crippen molar-refractivity contribution in [1.29, 1.82) is 0 Å². The van der Waals surface area contributed by atoms with Crippen LogP contribution in [0, 0.1) is 41.4 Å². The van der Waals surface area contributed by atoms with E-state index in [1.165, 1.54) is 19.3 Å². The van der Waals surface area contributed by atoms with Gasteiger partial charge in [-0.15, -0.1) is 0 Å². The standard InChI is InChI=1S/C15H31NO2.C15H31NO.C10H21NO.C9H19NO/c1-13(2)11-16(5)12-15(17)9-7-6-8-10-18-14(3)4;1-13(2)9-7-6-8-10-15(17)12-16(5)11-14(3)4;1-8(2)6-11(5)7-10(12)9(3)4;1-7(2)5-10-6-9(11)8(3)4/h13-14H,6-12H2,1-5H3;13-14H,6-12H2,1-5H3;8-9H,6-7H2,1-5H3;7-8,10H,5-6H2,1-4H3. The summed E-state index contributed by atoms with van der Waals surface area (Å²) in [4.78, 5) is 52.1. The molecule has 0 aliphatic heterocycles. The molecule has 348 valence electrons. The highest BCUT2D eigenvalue weighted by Gasteiger charge is 2.12. The van der Waals surface area contributed by atoms with Crippen molar-refractivity contribution in [3.63, 3.8) is 0 Å². The molecule has 0 bridgehead atoms. The van der Waals surface area contributed by atoms with Gasteiger partial charge in [0.15, 0.2) is 0 Å². The van der Waals surface area contributed by atoms with Crippen molar-refractivity contribution in [2.45, 2.75) is 175 Å². The van der Waals surface area contributed by atoms with Crippen molar-refractivity contribution in [1.82, 2.24) is 20.0 Å². The molecule has 0 amide bonds. The minimum atomic E-state index is 0.162. The maximum absolute atomic E-state index is 11.7. The van der Waals surface area contributed by atoms with Crippen LogP contribution >= 0.6 is 0 Å². The van der Waals surface area contributed by atoms with E-state index in [0.717, 1.165) is 70.8 Å². The number of carbonyl (C=O) groups excluding carboxylic acids is 4. The van der Waals surface area contributed by atoms with Gasteiger partial charge in [-0.05, 0) is 90.4 Å². The Hall–Kier alpha value is -1.52. The number of carbonyl (C=O) groups is 4. The van der Waals surface area contributed by atoms with Crippen LogP contribution in [0.4, 0.5) is 0 Å². The highest BCUT2D eigenvalue weighted by molar-refractivity contribution is 5.82. The lowest BCUT2D eigenvalue weighted by molar-refractivity contribution is -0.123. The van der Waals surface area contributed by atoms with Gasteiger partial charge in [0.25, 0.3) is 0 Å². The van der Waals surface area contributed by atoms with E-state index in [1.807, 2.05) is 62.7 Å². The van der Waals surface area contributed by atoms with E-state index in [4.69, 9.17) is 4.74 Å². The Morgan fingerprint density at radius 3 is 1.21 bits per heavy atom. The van der Waals surface area contributed by atoms with Gasteiger partial charge in [-0.2, -0.15) is 0 Å². The fraction of sp³-hybridized carbons (Fsp3) is 0.918. The van der Waals surface area contributed by atoms with Crippen LogP contribution < -0.4 is 5.32 Å². The Morgan fingerprint density at radius 2 is 0.862 bits per heavy atom. The average molecular weight is 827 g/mol. The molecule has 0 saturated heterocycles. The molecular weight excluding hydrogens is 725 g/mol. The lowest BCUT2D eigenvalue weighted by atomic mass is 10.0. The highest BCUT2D eigenvalue weighted by atomic mass is 16.5. The van der Waals surface area contributed by atoms with Crippen LogP contribution in [0.15, 0.2) is 0 Å². The van der Waals surface area contributed by atoms with Gasteiger partial charge >= 0.3 is 0 Å². The number of unbranched alkanes of at least 4 members (excludes halogenated alkanes) is 4. The number of ketones is 4. The summed E-state index contributed by atoms with van der Waals surface area (Å²) >= 11 is 0. The molecule has 0 aromatic heterocycles. The first kappa shape index (κ1) is 63.1. The van der Waals surface area contributed by atoms with Crippen LogP contribution in [0.1, 0.15) is 169 Å². The SMILES string of the molecule is CC(C)CCCCCC(=O)CN(C)CC(C)C.CC(C)CN(C)CC(=O)C(C)C.CC(C)CN(C)CC(=O)CCCCCOC(C)C.CC(C)CNCC(=O)C(C)C. The van der Waals surface area contributed by atoms with Gasteiger partial charge in [-0.3, -0.25) is 33.9 Å². The van der Waals surface area contributed by atoms with E-state index in [1.54, 1.807) is 0 Å². The quantitative estimate of drug-likeness (QED) is 0.0685. The van der Waals surface area contributed by atoms with Gasteiger partial charge in [0, 0.05) is 50.9 Å². The second-order valence-corrected chi connectivity index (χ2v) is 19.8. The van der Waals surface area contributed by atoms with Crippen molar-refractivity contribution >= 4 is 23.1 Å². The van der Waals surface area contributed by atoms with Crippen LogP contribution in [0.2, 0.25) is 0 Å². The first-order valence-electron chi connectivity index (χ1n) is 23.3. The van der Waals surface area contributed by atoms with E-state index in [0.29, 0.717) is 85.5 Å². The van der Waals surface area contributed by atoms with Crippen LogP contribution in [0.25, 0.3) is 0 Å². The third-order valence-electron chi connectivity index (χ3n) is 8.78. The summed E-state index contributed by atoms with van der Waals surface area (Å²) in [7, 11) is 6.06. The van der Waals surface area contributed by atoms with Crippen LogP contribution in [-0.4, -0.2) is 124 Å². The molecule has 0 atom stereocenters. The van der Waals surface area contributed by atoms with E-state index in [9.17, 15) is 19.2 Å². The van der Waals surface area contributed by atoms with Crippen molar-refractivity contribution in [2.24, 2.45) is 41.4 Å². The second-order valence-electron chi connectivity index (χ2n) is 19.8. The molecule has 1 N–H and O–H groups in total. The lowest BCUT2D eigenvalue weighted by Crippen LogP contribution is -2.31. The summed E-state index contributed by atoms with van der Waals surface area (Å²) < 4.78 is 5.46. The third-order valence-corrected chi connectivity index (χ3v) is 8.78. The van der Waals surface area contributed by atoms with E-state index >= 15 is 0 Å². The number of rotatable bonds is 31. The van der Waals surface area contributed by atoms with E-state index in [2.05, 4.69) is 89.3 Å².